The van der Waals surface area contributed by atoms with Gasteiger partial charge < -0.3 is 15.0 Å². The number of anilines is 1. The molecule has 0 aliphatic carbocycles. The van der Waals surface area contributed by atoms with E-state index < -0.39 is 12.3 Å². The molecule has 2 aliphatic rings. The predicted molar refractivity (Wildman–Crippen MR) is 95.2 cm³/mol. The maximum absolute atomic E-state index is 14.8. The van der Waals surface area contributed by atoms with Gasteiger partial charge in [0, 0.05) is 19.2 Å². The molecule has 2 aromatic rings. The maximum atomic E-state index is 14.8. The minimum Gasteiger partial charge on any atom is -0.486 e. The van der Waals surface area contributed by atoms with Gasteiger partial charge in [-0.25, -0.2) is 9.37 Å². The van der Waals surface area contributed by atoms with Crippen LogP contribution in [0, 0.1) is 0 Å². The zero-order valence-electron chi connectivity index (χ0n) is 14.6. The Morgan fingerprint density at radius 2 is 2.35 bits per heavy atom. The first-order chi connectivity index (χ1) is 12.7. The van der Waals surface area contributed by atoms with Crippen LogP contribution in [0.1, 0.15) is 35.0 Å². The van der Waals surface area contributed by atoms with E-state index in [0.29, 0.717) is 30.8 Å². The van der Waals surface area contributed by atoms with E-state index in [2.05, 4.69) is 15.3 Å². The molecule has 26 heavy (non-hydrogen) atoms. The Morgan fingerprint density at radius 1 is 1.46 bits per heavy atom. The summed E-state index contributed by atoms with van der Waals surface area (Å²) in [6.45, 7) is 3.34. The number of aryl methyl sites for hydroxylation is 1. The van der Waals surface area contributed by atoms with Gasteiger partial charge >= 0.3 is 0 Å². The van der Waals surface area contributed by atoms with Crippen LogP contribution in [0.2, 0.25) is 0 Å². The molecule has 1 fully saturated rings. The lowest BCUT2D eigenvalue weighted by Gasteiger charge is -2.36. The third-order valence-electron chi connectivity index (χ3n) is 4.90. The number of alkyl halides is 1. The summed E-state index contributed by atoms with van der Waals surface area (Å²) < 4.78 is 20.5. The molecule has 0 bridgehead atoms. The number of amides is 1. The number of aromatic nitrogens is 2. The van der Waals surface area contributed by atoms with Gasteiger partial charge in [-0.3, -0.25) is 9.78 Å². The van der Waals surface area contributed by atoms with Gasteiger partial charge in [-0.1, -0.05) is 6.92 Å². The first-order valence-electron chi connectivity index (χ1n) is 8.92. The van der Waals surface area contributed by atoms with Crippen LogP contribution in [0.3, 0.4) is 0 Å². The molecule has 0 radical (unpaired) electrons. The maximum Gasteiger partial charge on any atom is 0.253 e. The molecule has 0 spiro atoms. The number of pyridine rings is 2. The standard InChI is InChI=1S/C19H21FN4O2/c1-2-12-8-14-16(10-22-19(14)25)23-18(12)24-7-5-17(15(20)11-24)26-13-4-3-6-21-9-13/h3-4,6,8-9,15,17H,2,5,7,10-11H2,1H3,(H,22,25)/t15-,17?/m0/s1. The van der Waals surface area contributed by atoms with Gasteiger partial charge in [-0.05, 0) is 30.2 Å². The van der Waals surface area contributed by atoms with Gasteiger partial charge in [0.25, 0.3) is 5.91 Å². The Bertz CT molecular complexity index is 815. The molecule has 136 valence electrons. The lowest BCUT2D eigenvalue weighted by molar-refractivity contribution is 0.0815. The van der Waals surface area contributed by atoms with Gasteiger partial charge in [0.1, 0.15) is 17.7 Å². The average molecular weight is 356 g/mol. The van der Waals surface area contributed by atoms with Gasteiger partial charge in [0.05, 0.1) is 30.5 Å². The first-order valence-corrected chi connectivity index (χ1v) is 8.92. The number of carbonyl (C=O) groups is 1. The third kappa shape index (κ3) is 3.09. The summed E-state index contributed by atoms with van der Waals surface area (Å²) >= 11 is 0. The predicted octanol–water partition coefficient (Wildman–Crippen LogP) is 2.28. The first kappa shape index (κ1) is 16.8. The molecule has 1 unspecified atom stereocenters. The van der Waals surface area contributed by atoms with E-state index in [0.717, 1.165) is 23.5 Å². The van der Waals surface area contributed by atoms with Crippen LogP contribution < -0.4 is 15.0 Å². The van der Waals surface area contributed by atoms with Crippen molar-refractivity contribution in [2.24, 2.45) is 0 Å². The summed E-state index contributed by atoms with van der Waals surface area (Å²) in [4.78, 5) is 22.5. The number of ether oxygens (including phenoxy) is 1. The summed E-state index contributed by atoms with van der Waals surface area (Å²) in [7, 11) is 0. The minimum atomic E-state index is -1.12. The second-order valence-corrected chi connectivity index (χ2v) is 6.60. The van der Waals surface area contributed by atoms with Crippen LogP contribution in [-0.2, 0) is 13.0 Å². The fourth-order valence-corrected chi connectivity index (χ4v) is 3.51. The van der Waals surface area contributed by atoms with Crippen molar-refractivity contribution in [1.29, 1.82) is 0 Å². The fourth-order valence-electron chi connectivity index (χ4n) is 3.51. The normalized spacial score (nSPS) is 22.1. The number of piperidine rings is 1. The van der Waals surface area contributed by atoms with Crippen LogP contribution in [0.5, 0.6) is 5.75 Å². The van der Waals surface area contributed by atoms with Crippen molar-refractivity contribution in [3.8, 4) is 5.75 Å². The van der Waals surface area contributed by atoms with E-state index in [1.54, 1.807) is 24.5 Å². The molecule has 0 saturated carbocycles. The number of carbonyl (C=O) groups excluding carboxylic acids is 1. The zero-order chi connectivity index (χ0) is 18.1. The second kappa shape index (κ2) is 6.90. The van der Waals surface area contributed by atoms with Crippen LogP contribution >= 0.6 is 0 Å². The van der Waals surface area contributed by atoms with E-state index in [4.69, 9.17) is 4.74 Å². The summed E-state index contributed by atoms with van der Waals surface area (Å²) in [6, 6.07) is 5.45. The van der Waals surface area contributed by atoms with E-state index in [-0.39, 0.29) is 12.5 Å². The number of nitrogens with zero attached hydrogens (tertiary/aromatic N) is 3. The van der Waals surface area contributed by atoms with E-state index in [1.165, 1.54) is 0 Å². The van der Waals surface area contributed by atoms with Crippen molar-refractivity contribution >= 4 is 11.7 Å². The molecule has 7 heteroatoms. The number of fused-ring (bicyclic) bond motifs is 1. The van der Waals surface area contributed by atoms with E-state index in [9.17, 15) is 9.18 Å². The monoisotopic (exact) mass is 356 g/mol. The van der Waals surface area contributed by atoms with Gasteiger partial charge in [0.15, 0.2) is 6.17 Å². The van der Waals surface area contributed by atoms with Crippen molar-refractivity contribution in [3.05, 3.63) is 47.4 Å². The molecule has 6 nitrogen and oxygen atoms in total. The Labute approximate surface area is 151 Å². The summed E-state index contributed by atoms with van der Waals surface area (Å²) in [5, 5.41) is 2.79. The van der Waals surface area contributed by atoms with Crippen LogP contribution in [0.15, 0.2) is 30.6 Å². The van der Waals surface area contributed by atoms with Crippen molar-refractivity contribution in [3.63, 3.8) is 0 Å². The van der Waals surface area contributed by atoms with Crippen molar-refractivity contribution in [2.75, 3.05) is 18.0 Å². The topological polar surface area (TPSA) is 67.3 Å². The van der Waals surface area contributed by atoms with E-state index in [1.807, 2.05) is 17.9 Å². The number of hydrogen-bond donors (Lipinski definition) is 1. The summed E-state index contributed by atoms with van der Waals surface area (Å²) in [6.07, 6.45) is 2.96. The van der Waals surface area contributed by atoms with Crippen molar-refractivity contribution in [1.82, 2.24) is 15.3 Å². The molecule has 1 saturated heterocycles. The Kier molecular flexibility index (Phi) is 4.44. The molecule has 1 amide bonds. The van der Waals surface area contributed by atoms with Crippen molar-refractivity contribution < 1.29 is 13.9 Å². The Balaban J connectivity index is 1.51. The average Bonchev–Trinajstić information content (AvgIpc) is 3.03. The molecular weight excluding hydrogens is 335 g/mol. The molecule has 2 aliphatic heterocycles. The lowest BCUT2D eigenvalue weighted by Crippen LogP contribution is -2.47. The zero-order valence-corrected chi connectivity index (χ0v) is 14.6. The Hall–Kier alpha value is -2.70. The number of nitrogens with one attached hydrogen (secondary N) is 1. The second-order valence-electron chi connectivity index (χ2n) is 6.60. The van der Waals surface area contributed by atoms with Crippen LogP contribution in [0.25, 0.3) is 0 Å². The number of rotatable bonds is 4. The smallest absolute Gasteiger partial charge is 0.253 e. The van der Waals surface area contributed by atoms with Gasteiger partial charge in [-0.15, -0.1) is 0 Å². The summed E-state index contributed by atoms with van der Waals surface area (Å²) in [5.41, 5.74) is 2.35. The highest BCUT2D eigenvalue weighted by atomic mass is 19.1. The lowest BCUT2D eigenvalue weighted by atomic mass is 10.0. The molecule has 4 rings (SSSR count). The highest BCUT2D eigenvalue weighted by molar-refractivity contribution is 5.98. The highest BCUT2D eigenvalue weighted by Crippen LogP contribution is 2.29. The highest BCUT2D eigenvalue weighted by Gasteiger charge is 2.33. The molecule has 2 atom stereocenters. The molecule has 1 N–H and O–H groups in total. The molecule has 0 aromatic carbocycles. The van der Waals surface area contributed by atoms with E-state index >= 15 is 0 Å². The fraction of sp³-hybridized carbons (Fsp3) is 0.421. The molecule has 4 heterocycles. The van der Waals surface area contributed by atoms with Crippen molar-refractivity contribution in [2.45, 2.75) is 38.6 Å². The molecule has 2 aromatic heterocycles. The quantitative estimate of drug-likeness (QED) is 0.910. The molecular formula is C19H21FN4O2. The SMILES string of the molecule is CCc1cc2c(nc1N1CCC(Oc3cccnc3)[C@@H](F)C1)CNC2=O. The van der Waals surface area contributed by atoms with Gasteiger partial charge in [-0.2, -0.15) is 0 Å². The third-order valence-corrected chi connectivity index (χ3v) is 4.90. The summed E-state index contributed by atoms with van der Waals surface area (Å²) in [5.74, 6) is 1.29. The number of hydrogen-bond acceptors (Lipinski definition) is 5. The largest absolute Gasteiger partial charge is 0.486 e. The van der Waals surface area contributed by atoms with Gasteiger partial charge in [0.2, 0.25) is 0 Å². The Morgan fingerprint density at radius 3 is 3.08 bits per heavy atom. The van der Waals surface area contributed by atoms with Crippen LogP contribution in [-0.4, -0.2) is 41.2 Å². The number of halogens is 1. The minimum absolute atomic E-state index is 0.0827. The van der Waals surface area contributed by atoms with Crippen LogP contribution in [0.4, 0.5) is 10.2 Å².